The van der Waals surface area contributed by atoms with E-state index in [4.69, 9.17) is 19.5 Å². The van der Waals surface area contributed by atoms with E-state index < -0.39 is 23.4 Å². The number of ether oxygens (including phenoxy) is 1. The smallest absolute Gasteiger partial charge is 0.410 e. The third kappa shape index (κ3) is 6.02. The summed E-state index contributed by atoms with van der Waals surface area (Å²) in [6, 6.07) is 17.3. The van der Waals surface area contributed by atoms with Gasteiger partial charge in [-0.15, -0.1) is 0 Å². The SMILES string of the molecule is CC(C)(C)OC(=O)N1CCn2cc(C3=C(c4noc5ccccc45)C(=O)CC3=O)c3cc(F)cc(c32)C1.NC(=O)Cc1noc2ccccc12. The van der Waals surface area contributed by atoms with E-state index in [1.165, 1.54) is 12.1 Å². The Morgan fingerprint density at radius 2 is 1.56 bits per heavy atom. The number of para-hydroxylation sites is 2. The van der Waals surface area contributed by atoms with E-state index in [0.717, 1.165) is 5.39 Å². The highest BCUT2D eigenvalue weighted by molar-refractivity contribution is 6.52. The zero-order valence-electron chi connectivity index (χ0n) is 27.5. The molecule has 0 atom stereocenters. The van der Waals surface area contributed by atoms with E-state index in [-0.39, 0.29) is 42.1 Å². The summed E-state index contributed by atoms with van der Waals surface area (Å²) in [6.07, 6.45) is 1.13. The minimum Gasteiger partial charge on any atom is -0.444 e. The number of primary amides is 1. The minimum absolute atomic E-state index is 0.122. The Kier molecular flexibility index (Phi) is 8.05. The summed E-state index contributed by atoms with van der Waals surface area (Å²) in [5.41, 5.74) is 8.67. The van der Waals surface area contributed by atoms with Gasteiger partial charge in [0.1, 0.15) is 22.8 Å². The van der Waals surface area contributed by atoms with Gasteiger partial charge in [-0.3, -0.25) is 14.4 Å². The Morgan fingerprint density at radius 3 is 2.28 bits per heavy atom. The first-order valence-corrected chi connectivity index (χ1v) is 15.9. The average Bonchev–Trinajstić information content (AvgIpc) is 3.79. The lowest BCUT2D eigenvalue weighted by Gasteiger charge is -2.26. The molecule has 0 saturated carbocycles. The first-order chi connectivity index (χ1) is 23.9. The molecular weight excluding hydrogens is 645 g/mol. The van der Waals surface area contributed by atoms with Crippen molar-refractivity contribution >= 4 is 67.6 Å². The number of carbonyl (C=O) groups excluding carboxylic acids is 4. The number of carbonyl (C=O) groups is 4. The van der Waals surface area contributed by atoms with Gasteiger partial charge in [0.2, 0.25) is 5.91 Å². The molecule has 4 heterocycles. The molecule has 1 aliphatic carbocycles. The van der Waals surface area contributed by atoms with Gasteiger partial charge in [-0.25, -0.2) is 9.18 Å². The summed E-state index contributed by atoms with van der Waals surface area (Å²) in [6.45, 7) is 6.28. The third-order valence-corrected chi connectivity index (χ3v) is 8.45. The van der Waals surface area contributed by atoms with Crippen LogP contribution in [0, 0.1) is 5.82 Å². The normalized spacial score (nSPS) is 14.8. The summed E-state index contributed by atoms with van der Waals surface area (Å²) < 4.78 is 32.8. The maximum atomic E-state index is 14.9. The van der Waals surface area contributed by atoms with Crippen LogP contribution in [0.25, 0.3) is 44.0 Å². The van der Waals surface area contributed by atoms with Gasteiger partial charge in [0, 0.05) is 46.6 Å². The number of allylic oxidation sites excluding steroid dienone is 2. The molecule has 1 aliphatic heterocycles. The molecule has 0 saturated heterocycles. The number of benzene rings is 3. The summed E-state index contributed by atoms with van der Waals surface area (Å²) in [7, 11) is 0. The standard InChI is InChI=1S/C28H24FN3O5.C9H8N2O2/c1-28(2,3)36-27(35)32-9-8-31-14-19(18-11-16(29)10-15(13-32)26(18)31)23-20(33)12-21(34)24(23)25-17-6-4-5-7-22(17)37-30-25;10-9(12)5-7-6-3-1-2-4-8(6)13-11-7/h4-7,10-11,14H,8-9,12-13H2,1-3H3;1-4H,5H2,(H2,10,12). The van der Waals surface area contributed by atoms with Crippen molar-refractivity contribution in [3.63, 3.8) is 0 Å². The number of nitrogens with two attached hydrogens (primary N) is 1. The predicted octanol–water partition coefficient (Wildman–Crippen LogP) is 5.98. The molecule has 0 unspecified atom stereocenters. The van der Waals surface area contributed by atoms with Gasteiger partial charge < -0.3 is 29.0 Å². The van der Waals surface area contributed by atoms with Gasteiger partial charge in [0.05, 0.1) is 30.5 Å². The molecule has 12 nitrogen and oxygen atoms in total. The number of halogens is 1. The van der Waals surface area contributed by atoms with Crippen molar-refractivity contribution in [1.29, 1.82) is 0 Å². The Balaban J connectivity index is 0.000000253. The number of ketones is 2. The van der Waals surface area contributed by atoms with Gasteiger partial charge in [-0.05, 0) is 62.7 Å². The molecule has 3 aromatic carbocycles. The van der Waals surface area contributed by atoms with E-state index in [0.29, 0.717) is 63.1 Å². The molecule has 2 N–H and O–H groups in total. The Bertz CT molecular complexity index is 2390. The number of nitrogens with zero attached hydrogens (tertiary/aromatic N) is 4. The van der Waals surface area contributed by atoms with Gasteiger partial charge in [-0.1, -0.05) is 34.6 Å². The zero-order valence-corrected chi connectivity index (χ0v) is 27.5. The van der Waals surface area contributed by atoms with E-state index in [9.17, 15) is 23.6 Å². The molecular formula is C37H32FN5O7. The fourth-order valence-corrected chi connectivity index (χ4v) is 6.42. The zero-order chi connectivity index (χ0) is 35.3. The minimum atomic E-state index is -0.660. The van der Waals surface area contributed by atoms with Crippen molar-refractivity contribution in [1.82, 2.24) is 19.8 Å². The maximum absolute atomic E-state index is 14.9. The fourth-order valence-electron chi connectivity index (χ4n) is 6.42. The molecule has 0 spiro atoms. The lowest BCUT2D eigenvalue weighted by atomic mass is 9.96. The quantitative estimate of drug-likeness (QED) is 0.221. The van der Waals surface area contributed by atoms with Crippen LogP contribution in [0.15, 0.2) is 75.9 Å². The highest BCUT2D eigenvalue weighted by atomic mass is 19.1. The Hall–Kier alpha value is -6.11. The summed E-state index contributed by atoms with van der Waals surface area (Å²) in [4.78, 5) is 51.2. The monoisotopic (exact) mass is 677 g/mol. The van der Waals surface area contributed by atoms with Crippen molar-refractivity contribution in [2.24, 2.45) is 5.73 Å². The average molecular weight is 678 g/mol. The topological polar surface area (TPSA) is 164 Å². The molecule has 254 valence electrons. The second-order valence-corrected chi connectivity index (χ2v) is 13.2. The summed E-state index contributed by atoms with van der Waals surface area (Å²) in [5.74, 6) is -1.60. The van der Waals surface area contributed by atoms with Crippen LogP contribution < -0.4 is 5.73 Å². The molecule has 6 aromatic rings. The highest BCUT2D eigenvalue weighted by Gasteiger charge is 2.37. The van der Waals surface area contributed by atoms with Crippen molar-refractivity contribution < 1.29 is 37.4 Å². The number of fused-ring (bicyclic) bond motifs is 2. The van der Waals surface area contributed by atoms with Crippen LogP contribution in [0.1, 0.15) is 49.7 Å². The third-order valence-electron chi connectivity index (χ3n) is 8.45. The predicted molar refractivity (Wildman–Crippen MR) is 181 cm³/mol. The van der Waals surface area contributed by atoms with E-state index in [1.54, 1.807) is 62.2 Å². The van der Waals surface area contributed by atoms with Crippen molar-refractivity contribution in [2.45, 2.75) is 52.3 Å². The number of aromatic nitrogens is 3. The van der Waals surface area contributed by atoms with E-state index >= 15 is 0 Å². The number of Topliss-reactive ketones (excluding diaryl/α,β-unsaturated/α-hetero) is 2. The fraction of sp³-hybridized carbons (Fsp3) is 0.243. The van der Waals surface area contributed by atoms with Crippen LogP contribution in [-0.2, 0) is 38.6 Å². The number of amides is 2. The van der Waals surface area contributed by atoms with Gasteiger partial charge >= 0.3 is 6.09 Å². The first-order valence-electron chi connectivity index (χ1n) is 15.9. The Morgan fingerprint density at radius 1 is 0.900 bits per heavy atom. The molecule has 8 rings (SSSR count). The van der Waals surface area contributed by atoms with Gasteiger partial charge in [-0.2, -0.15) is 0 Å². The molecule has 3 aromatic heterocycles. The van der Waals surface area contributed by atoms with Crippen LogP contribution in [0.5, 0.6) is 0 Å². The lowest BCUT2D eigenvalue weighted by molar-refractivity contribution is -0.120. The molecule has 2 amide bonds. The second kappa shape index (κ2) is 12.4. The molecule has 0 fully saturated rings. The molecule has 0 bridgehead atoms. The number of hydrogen-bond acceptors (Lipinski definition) is 9. The van der Waals surface area contributed by atoms with Gasteiger partial charge in [0.15, 0.2) is 22.7 Å². The molecule has 13 heteroatoms. The summed E-state index contributed by atoms with van der Waals surface area (Å²) in [5, 5.41) is 9.86. The van der Waals surface area contributed by atoms with E-state index in [2.05, 4.69) is 10.3 Å². The van der Waals surface area contributed by atoms with Crippen LogP contribution >= 0.6 is 0 Å². The maximum Gasteiger partial charge on any atom is 0.410 e. The van der Waals surface area contributed by atoms with Crippen molar-refractivity contribution in [3.8, 4) is 0 Å². The van der Waals surface area contributed by atoms with Crippen molar-refractivity contribution in [2.75, 3.05) is 6.54 Å². The molecule has 50 heavy (non-hydrogen) atoms. The Labute approximate surface area is 284 Å². The van der Waals surface area contributed by atoms with Crippen LogP contribution in [0.2, 0.25) is 0 Å². The lowest BCUT2D eigenvalue weighted by Crippen LogP contribution is -2.37. The second-order valence-electron chi connectivity index (χ2n) is 13.2. The molecule has 2 aliphatic rings. The molecule has 0 radical (unpaired) electrons. The van der Waals surface area contributed by atoms with Crippen LogP contribution in [0.4, 0.5) is 9.18 Å². The summed E-state index contributed by atoms with van der Waals surface area (Å²) >= 11 is 0. The number of hydrogen-bond donors (Lipinski definition) is 1. The van der Waals surface area contributed by atoms with Crippen molar-refractivity contribution in [3.05, 3.63) is 95.2 Å². The van der Waals surface area contributed by atoms with Crippen LogP contribution in [0.3, 0.4) is 0 Å². The highest BCUT2D eigenvalue weighted by Crippen LogP contribution is 2.42. The largest absolute Gasteiger partial charge is 0.444 e. The van der Waals surface area contributed by atoms with Crippen LogP contribution in [-0.4, -0.2) is 55.5 Å². The van der Waals surface area contributed by atoms with Gasteiger partial charge in [0.25, 0.3) is 0 Å². The number of rotatable bonds is 4. The van der Waals surface area contributed by atoms with E-state index in [1.807, 2.05) is 22.8 Å². The first kappa shape index (κ1) is 32.4.